The first-order chi connectivity index (χ1) is 12.9. The highest BCUT2D eigenvalue weighted by molar-refractivity contribution is 7.19. The molecular formula is C19H14Cl2N2O3S. The average Bonchev–Trinajstić information content (AvgIpc) is 3.06. The first kappa shape index (κ1) is 19.4. The molecule has 5 nitrogen and oxygen atoms in total. The Hall–Kier alpha value is -2.41. The Labute approximate surface area is 169 Å². The molecule has 27 heavy (non-hydrogen) atoms. The molecule has 1 aromatic heterocycles. The number of para-hydroxylation sites is 1. The van der Waals surface area contributed by atoms with Gasteiger partial charge in [0.25, 0.3) is 5.91 Å². The molecule has 3 rings (SSSR count). The van der Waals surface area contributed by atoms with Crippen molar-refractivity contribution in [3.05, 3.63) is 63.6 Å². The highest BCUT2D eigenvalue weighted by Crippen LogP contribution is 2.29. The van der Waals surface area contributed by atoms with Gasteiger partial charge < -0.3 is 10.1 Å². The fourth-order valence-corrected chi connectivity index (χ4v) is 3.42. The maximum atomic E-state index is 12.2. The predicted molar refractivity (Wildman–Crippen MR) is 109 cm³/mol. The number of carbonyl (C=O) groups is 2. The maximum absolute atomic E-state index is 12.2. The molecule has 0 aliphatic rings. The molecule has 8 heteroatoms. The number of fused-ring (bicyclic) bond motifs is 1. The summed E-state index contributed by atoms with van der Waals surface area (Å²) in [5.74, 6) is -1.16. The van der Waals surface area contributed by atoms with E-state index in [0.717, 1.165) is 10.2 Å². The van der Waals surface area contributed by atoms with Gasteiger partial charge in [0.15, 0.2) is 6.10 Å². The Morgan fingerprint density at radius 3 is 2.74 bits per heavy atom. The number of aromatic nitrogens is 1. The fourth-order valence-electron chi connectivity index (χ4n) is 2.20. The van der Waals surface area contributed by atoms with Crippen LogP contribution in [0.3, 0.4) is 0 Å². The van der Waals surface area contributed by atoms with Gasteiger partial charge in [0, 0.05) is 6.08 Å². The molecule has 0 spiro atoms. The number of nitrogens with one attached hydrogen (secondary N) is 1. The van der Waals surface area contributed by atoms with Crippen molar-refractivity contribution in [1.82, 2.24) is 4.98 Å². The summed E-state index contributed by atoms with van der Waals surface area (Å²) in [4.78, 5) is 28.5. The third kappa shape index (κ3) is 4.86. The van der Waals surface area contributed by atoms with E-state index in [4.69, 9.17) is 27.9 Å². The van der Waals surface area contributed by atoms with Crippen molar-refractivity contribution in [3.8, 4) is 0 Å². The maximum Gasteiger partial charge on any atom is 0.331 e. The van der Waals surface area contributed by atoms with Crippen molar-refractivity contribution in [2.75, 3.05) is 5.32 Å². The summed E-state index contributed by atoms with van der Waals surface area (Å²) in [5.41, 5.74) is 1.21. The van der Waals surface area contributed by atoms with Crippen LogP contribution in [0, 0.1) is 0 Å². The molecule has 1 unspecified atom stereocenters. The molecule has 0 saturated heterocycles. The van der Waals surface area contributed by atoms with Gasteiger partial charge in [-0.2, -0.15) is 0 Å². The van der Waals surface area contributed by atoms with Crippen molar-refractivity contribution in [2.24, 2.45) is 0 Å². The van der Waals surface area contributed by atoms with E-state index < -0.39 is 18.0 Å². The third-order valence-corrected chi connectivity index (χ3v) is 5.36. The number of ether oxygens (including phenoxy) is 1. The van der Waals surface area contributed by atoms with E-state index in [2.05, 4.69) is 10.3 Å². The lowest BCUT2D eigenvalue weighted by atomic mass is 10.3. The molecule has 0 fully saturated rings. The van der Waals surface area contributed by atoms with Crippen LogP contribution in [0.1, 0.15) is 11.9 Å². The molecule has 1 amide bonds. The van der Waals surface area contributed by atoms with Crippen molar-refractivity contribution >= 4 is 68.4 Å². The van der Waals surface area contributed by atoms with Crippen molar-refractivity contribution in [2.45, 2.75) is 13.0 Å². The highest BCUT2D eigenvalue weighted by Gasteiger charge is 2.18. The lowest BCUT2D eigenvalue weighted by Crippen LogP contribution is -2.29. The zero-order valence-electron chi connectivity index (χ0n) is 14.1. The number of nitrogens with zero attached hydrogens (tertiary/aromatic N) is 1. The van der Waals surface area contributed by atoms with Gasteiger partial charge in [-0.1, -0.05) is 41.4 Å². The summed E-state index contributed by atoms with van der Waals surface area (Å²) >= 11 is 13.4. The number of carbonyl (C=O) groups excluding carboxylic acids is 2. The van der Waals surface area contributed by atoms with Gasteiger partial charge >= 0.3 is 5.97 Å². The van der Waals surface area contributed by atoms with Gasteiger partial charge in [-0.05, 0) is 37.3 Å². The summed E-state index contributed by atoms with van der Waals surface area (Å²) in [6.07, 6.45) is 1.80. The number of halogens is 2. The van der Waals surface area contributed by atoms with Gasteiger partial charge in [0.05, 0.1) is 25.9 Å². The second-order valence-electron chi connectivity index (χ2n) is 5.52. The van der Waals surface area contributed by atoms with Crippen LogP contribution in [0.25, 0.3) is 16.3 Å². The fraction of sp³-hybridized carbons (Fsp3) is 0.105. The minimum Gasteiger partial charge on any atom is -0.449 e. The Morgan fingerprint density at radius 2 is 1.96 bits per heavy atom. The van der Waals surface area contributed by atoms with Crippen LogP contribution in [-0.2, 0) is 14.3 Å². The van der Waals surface area contributed by atoms with E-state index in [9.17, 15) is 9.59 Å². The molecule has 0 saturated carbocycles. The van der Waals surface area contributed by atoms with Gasteiger partial charge in [-0.15, -0.1) is 11.3 Å². The standard InChI is InChI=1S/C19H14Cl2N2O3S/c1-11(19(25)23-14-7-4-5-12(20)18(14)21)26-17(24)10-9-16-22-13-6-2-3-8-15(13)27-16/h2-11H,1H3,(H,23,25)/b10-9+. The van der Waals surface area contributed by atoms with E-state index in [1.807, 2.05) is 24.3 Å². The second-order valence-corrected chi connectivity index (χ2v) is 7.37. The molecule has 0 aliphatic carbocycles. The van der Waals surface area contributed by atoms with Crippen molar-refractivity contribution in [3.63, 3.8) is 0 Å². The van der Waals surface area contributed by atoms with E-state index >= 15 is 0 Å². The molecule has 0 bridgehead atoms. The SMILES string of the molecule is CC(OC(=O)/C=C/c1nc2ccccc2s1)C(=O)Nc1cccc(Cl)c1Cl. The summed E-state index contributed by atoms with van der Waals surface area (Å²) in [6, 6.07) is 12.5. The van der Waals surface area contributed by atoms with Gasteiger partial charge in [0.2, 0.25) is 0 Å². The van der Waals surface area contributed by atoms with Crippen LogP contribution in [0.4, 0.5) is 5.69 Å². The Balaban J connectivity index is 1.59. The Bertz CT molecular complexity index is 1000. The van der Waals surface area contributed by atoms with Gasteiger partial charge in [-0.25, -0.2) is 9.78 Å². The highest BCUT2D eigenvalue weighted by atomic mass is 35.5. The summed E-state index contributed by atoms with van der Waals surface area (Å²) < 4.78 is 6.14. The second kappa shape index (κ2) is 8.52. The molecule has 2 aromatic carbocycles. The van der Waals surface area contributed by atoms with Crippen LogP contribution in [0.15, 0.2) is 48.5 Å². The van der Waals surface area contributed by atoms with Crippen molar-refractivity contribution in [1.29, 1.82) is 0 Å². The number of hydrogen-bond donors (Lipinski definition) is 1. The topological polar surface area (TPSA) is 68.3 Å². The van der Waals surface area contributed by atoms with Crippen molar-refractivity contribution < 1.29 is 14.3 Å². The molecule has 1 atom stereocenters. The molecular weight excluding hydrogens is 407 g/mol. The summed E-state index contributed by atoms with van der Waals surface area (Å²) in [7, 11) is 0. The Morgan fingerprint density at radius 1 is 1.19 bits per heavy atom. The molecule has 1 N–H and O–H groups in total. The Kier molecular flexibility index (Phi) is 6.11. The normalized spacial score (nSPS) is 12.3. The largest absolute Gasteiger partial charge is 0.449 e. The predicted octanol–water partition coefficient (Wildman–Crippen LogP) is 5.19. The van der Waals surface area contributed by atoms with Crippen LogP contribution in [0.5, 0.6) is 0 Å². The lowest BCUT2D eigenvalue weighted by Gasteiger charge is -2.13. The van der Waals surface area contributed by atoms with Gasteiger partial charge in [0.1, 0.15) is 5.01 Å². The minimum atomic E-state index is -1.01. The van der Waals surface area contributed by atoms with Crippen LogP contribution >= 0.6 is 34.5 Å². The van der Waals surface area contributed by atoms with Crippen LogP contribution < -0.4 is 5.32 Å². The van der Waals surface area contributed by atoms with E-state index in [1.165, 1.54) is 24.3 Å². The molecule has 0 aliphatic heterocycles. The number of rotatable bonds is 5. The summed E-state index contributed by atoms with van der Waals surface area (Å²) in [5, 5.41) is 3.80. The van der Waals surface area contributed by atoms with Gasteiger partial charge in [-0.3, -0.25) is 4.79 Å². The number of esters is 1. The first-order valence-electron chi connectivity index (χ1n) is 7.93. The zero-order valence-corrected chi connectivity index (χ0v) is 16.4. The lowest BCUT2D eigenvalue weighted by molar-refractivity contribution is -0.148. The first-order valence-corrected chi connectivity index (χ1v) is 9.50. The van der Waals surface area contributed by atoms with Crippen LogP contribution in [0.2, 0.25) is 10.0 Å². The molecule has 0 radical (unpaired) electrons. The smallest absolute Gasteiger partial charge is 0.331 e. The zero-order chi connectivity index (χ0) is 19.4. The van der Waals surface area contributed by atoms with E-state index in [1.54, 1.807) is 24.3 Å². The number of amides is 1. The number of anilines is 1. The quantitative estimate of drug-likeness (QED) is 0.455. The summed E-state index contributed by atoms with van der Waals surface area (Å²) in [6.45, 7) is 1.47. The molecule has 138 valence electrons. The number of benzene rings is 2. The average molecular weight is 421 g/mol. The minimum absolute atomic E-state index is 0.224. The van der Waals surface area contributed by atoms with E-state index in [0.29, 0.717) is 15.7 Å². The molecule has 1 heterocycles. The molecule has 3 aromatic rings. The number of hydrogen-bond acceptors (Lipinski definition) is 5. The number of thiazole rings is 1. The third-order valence-electron chi connectivity index (χ3n) is 3.54. The van der Waals surface area contributed by atoms with Crippen LogP contribution in [-0.4, -0.2) is 23.0 Å². The van der Waals surface area contributed by atoms with E-state index in [-0.39, 0.29) is 5.02 Å². The monoisotopic (exact) mass is 420 g/mol.